The van der Waals surface area contributed by atoms with Gasteiger partial charge in [0.2, 0.25) is 23.3 Å². The zero-order valence-corrected chi connectivity index (χ0v) is 20.0. The molecule has 4 N–H and O–H groups in total. The van der Waals surface area contributed by atoms with Crippen LogP contribution in [-0.4, -0.2) is 21.4 Å². The molecule has 5 rings (SSSR count). The van der Waals surface area contributed by atoms with Gasteiger partial charge in [-0.25, -0.2) is 0 Å². The monoisotopic (exact) mass is 538 g/mol. The molecule has 196 valence electrons. The van der Waals surface area contributed by atoms with E-state index in [2.05, 4.69) is 0 Å². The first kappa shape index (κ1) is 25.4. The molecule has 14 heteroatoms. The van der Waals surface area contributed by atoms with Gasteiger partial charge in [0, 0.05) is 24.3 Å². The van der Waals surface area contributed by atoms with Gasteiger partial charge in [-0.15, -0.1) is 0 Å². The van der Waals surface area contributed by atoms with Gasteiger partial charge in [0.05, 0.1) is 32.8 Å². The maximum absolute atomic E-state index is 13.9. The highest BCUT2D eigenvalue weighted by molar-refractivity contribution is 6.25. The average molecular weight is 538 g/mol. The minimum atomic E-state index is -1.25. The van der Waals surface area contributed by atoms with Crippen LogP contribution in [0.5, 0.6) is 0 Å². The van der Waals surface area contributed by atoms with Gasteiger partial charge in [-0.3, -0.25) is 29.8 Å². The number of hydrogen-bond donors (Lipinski definition) is 2. The number of allylic oxidation sites excluding steroid dienone is 4. The van der Waals surface area contributed by atoms with Gasteiger partial charge in [-0.05, 0) is 11.1 Å². The Hall–Kier alpha value is -6.28. The Bertz CT molecular complexity index is 1640. The maximum Gasteiger partial charge on any atom is 0.269 e. The zero-order chi connectivity index (χ0) is 28.9. The van der Waals surface area contributed by atoms with Crippen molar-refractivity contribution >= 4 is 22.9 Å². The molecule has 2 atom stereocenters. The van der Waals surface area contributed by atoms with Crippen LogP contribution in [0.15, 0.2) is 94.1 Å². The summed E-state index contributed by atoms with van der Waals surface area (Å²) < 4.78 is 11.0. The van der Waals surface area contributed by atoms with Crippen molar-refractivity contribution in [3.63, 3.8) is 0 Å². The number of non-ortho nitro benzene ring substituents is 2. The van der Waals surface area contributed by atoms with E-state index in [4.69, 9.17) is 20.9 Å². The van der Waals surface area contributed by atoms with Crippen molar-refractivity contribution in [1.82, 2.24) is 0 Å². The third kappa shape index (κ3) is 3.72. The first-order valence-corrected chi connectivity index (χ1v) is 11.3. The number of nitrogens with two attached hydrogens (primary N) is 2. The van der Waals surface area contributed by atoms with Crippen molar-refractivity contribution in [3.05, 3.63) is 125 Å². The topological polar surface area (TPSA) is 238 Å². The molecule has 0 bridgehead atoms. The highest BCUT2D eigenvalue weighted by atomic mass is 16.6. The summed E-state index contributed by atoms with van der Waals surface area (Å²) >= 11 is 0. The molecule has 3 aliphatic rings. The number of rotatable bonds is 4. The second-order valence-electron chi connectivity index (χ2n) is 8.69. The Morgan fingerprint density at radius 2 is 1.00 bits per heavy atom. The van der Waals surface area contributed by atoms with Crippen LogP contribution >= 0.6 is 0 Å². The van der Waals surface area contributed by atoms with Crippen LogP contribution in [-0.2, 0) is 19.1 Å². The van der Waals surface area contributed by atoms with Crippen molar-refractivity contribution in [1.29, 1.82) is 10.5 Å². The molecule has 0 spiro atoms. The van der Waals surface area contributed by atoms with Crippen molar-refractivity contribution in [3.8, 4) is 12.1 Å². The average Bonchev–Trinajstić information content (AvgIpc) is 2.94. The van der Waals surface area contributed by atoms with Crippen molar-refractivity contribution in [2.75, 3.05) is 0 Å². The lowest BCUT2D eigenvalue weighted by molar-refractivity contribution is -0.385. The van der Waals surface area contributed by atoms with E-state index in [0.29, 0.717) is 0 Å². The Labute approximate surface area is 223 Å². The molecule has 2 aromatic carbocycles. The minimum Gasteiger partial charge on any atom is -0.436 e. The van der Waals surface area contributed by atoms with Gasteiger partial charge in [-0.1, -0.05) is 24.3 Å². The summed E-state index contributed by atoms with van der Waals surface area (Å²) in [6, 6.07) is 13.6. The fourth-order valence-corrected chi connectivity index (χ4v) is 4.81. The molecule has 1 aliphatic carbocycles. The Balaban J connectivity index is 1.68. The van der Waals surface area contributed by atoms with Crippen molar-refractivity contribution in [2.45, 2.75) is 11.8 Å². The molecular formula is C26H14N6O8. The molecule has 0 fully saturated rings. The summed E-state index contributed by atoms with van der Waals surface area (Å²) in [5.74, 6) is -6.23. The second-order valence-corrected chi connectivity index (χ2v) is 8.69. The molecule has 0 aromatic heterocycles. The fraction of sp³-hybridized carbons (Fsp3) is 0.0769. The highest BCUT2D eigenvalue weighted by Crippen LogP contribution is 2.49. The van der Waals surface area contributed by atoms with E-state index < -0.39 is 56.5 Å². The lowest BCUT2D eigenvalue weighted by Gasteiger charge is -2.35. The summed E-state index contributed by atoms with van der Waals surface area (Å²) in [4.78, 5) is 48.8. The molecule has 2 aliphatic heterocycles. The molecule has 2 unspecified atom stereocenters. The number of benzene rings is 2. The van der Waals surface area contributed by atoms with E-state index in [1.807, 2.05) is 12.1 Å². The molecule has 2 aromatic rings. The van der Waals surface area contributed by atoms with Gasteiger partial charge in [0.1, 0.15) is 23.3 Å². The fourth-order valence-electron chi connectivity index (χ4n) is 4.81. The van der Waals surface area contributed by atoms with E-state index in [1.165, 1.54) is 24.3 Å². The summed E-state index contributed by atoms with van der Waals surface area (Å²) in [6.45, 7) is 0. The standard InChI is InChI=1S/C26H14N6O8/c27-9-15-17(11-1-5-13(6-2-11)31(35)36)19-21(33)24-20(22(34)23(19)39-25(15)29)18(16(10-28)26(30)40-24)12-3-7-14(8-4-12)32(37)38/h1-8,17-18H,29-30H2. The summed E-state index contributed by atoms with van der Waals surface area (Å²) in [5.41, 5.74) is 10.9. The molecule has 40 heavy (non-hydrogen) atoms. The predicted molar refractivity (Wildman–Crippen MR) is 132 cm³/mol. The van der Waals surface area contributed by atoms with Gasteiger partial charge < -0.3 is 20.9 Å². The van der Waals surface area contributed by atoms with E-state index in [1.54, 1.807) is 0 Å². The third-order valence-electron chi connectivity index (χ3n) is 6.62. The minimum absolute atomic E-state index is 0.221. The largest absolute Gasteiger partial charge is 0.436 e. The number of hydrogen-bond acceptors (Lipinski definition) is 12. The Morgan fingerprint density at radius 1 is 0.675 bits per heavy atom. The number of nitrogens with zero attached hydrogens (tertiary/aromatic N) is 4. The third-order valence-corrected chi connectivity index (χ3v) is 6.62. The van der Waals surface area contributed by atoms with E-state index in [-0.39, 0.29) is 44.8 Å². The maximum atomic E-state index is 13.9. The van der Waals surface area contributed by atoms with Crippen LogP contribution in [0, 0.1) is 42.9 Å². The van der Waals surface area contributed by atoms with Crippen LogP contribution in [0.25, 0.3) is 0 Å². The van der Waals surface area contributed by atoms with Crippen molar-refractivity contribution < 1.29 is 28.9 Å². The van der Waals surface area contributed by atoms with Crippen molar-refractivity contribution in [2.24, 2.45) is 11.5 Å². The van der Waals surface area contributed by atoms with E-state index in [0.717, 1.165) is 24.3 Å². The first-order valence-electron chi connectivity index (χ1n) is 11.3. The van der Waals surface area contributed by atoms with Gasteiger partial charge in [-0.2, -0.15) is 10.5 Å². The Morgan fingerprint density at radius 3 is 1.27 bits per heavy atom. The molecule has 0 saturated carbocycles. The van der Waals surface area contributed by atoms with Gasteiger partial charge in [0.15, 0.2) is 11.5 Å². The zero-order valence-electron chi connectivity index (χ0n) is 20.0. The van der Waals surface area contributed by atoms with Gasteiger partial charge >= 0.3 is 0 Å². The number of carbonyl (C=O) groups is 2. The van der Waals surface area contributed by atoms with Crippen LogP contribution in [0.3, 0.4) is 0 Å². The molecule has 0 saturated heterocycles. The lowest BCUT2D eigenvalue weighted by Crippen LogP contribution is -2.38. The number of nitro benzene ring substituents is 2. The Kier molecular flexibility index (Phi) is 5.86. The number of nitriles is 2. The summed E-state index contributed by atoms with van der Waals surface area (Å²) in [7, 11) is 0. The number of ketones is 2. The van der Waals surface area contributed by atoms with Gasteiger partial charge in [0.25, 0.3) is 11.4 Å². The molecule has 0 radical (unpaired) electrons. The number of carbonyl (C=O) groups excluding carboxylic acids is 2. The quantitative estimate of drug-likeness (QED) is 0.324. The summed E-state index contributed by atoms with van der Waals surface area (Å²) in [5, 5.41) is 41.9. The number of ether oxygens (including phenoxy) is 2. The normalized spacial score (nSPS) is 20.1. The predicted octanol–water partition coefficient (Wildman–Crippen LogP) is 2.48. The number of nitro groups is 2. The SMILES string of the molecule is N#CC1=C(N)OC2=C(C(=O)C3=C(C2=O)C(c2ccc([N+](=O)[O-])cc2)C(C#N)=C(N)O3)C1c1ccc([N+](=O)[O-])cc1. The molecule has 2 heterocycles. The first-order chi connectivity index (χ1) is 19.1. The van der Waals surface area contributed by atoms with Crippen LogP contribution < -0.4 is 11.5 Å². The molecule has 14 nitrogen and oxygen atoms in total. The molecule has 0 amide bonds. The van der Waals surface area contributed by atoms with Crippen LogP contribution in [0.1, 0.15) is 23.0 Å². The smallest absolute Gasteiger partial charge is 0.269 e. The van der Waals surface area contributed by atoms with Crippen LogP contribution in [0.4, 0.5) is 11.4 Å². The lowest BCUT2D eigenvalue weighted by atomic mass is 9.72. The van der Waals surface area contributed by atoms with E-state index >= 15 is 0 Å². The molecular weight excluding hydrogens is 524 g/mol. The summed E-state index contributed by atoms with van der Waals surface area (Å²) in [6.07, 6.45) is 0. The highest BCUT2D eigenvalue weighted by Gasteiger charge is 2.50. The van der Waals surface area contributed by atoms with Crippen LogP contribution in [0.2, 0.25) is 0 Å². The second kappa shape index (κ2) is 9.23. The number of Topliss-reactive ketones (excluding diaryl/α,β-unsaturated/α-hetero) is 2. The van der Waals surface area contributed by atoms with E-state index in [9.17, 15) is 40.3 Å².